The molecule has 2 N–H and O–H groups in total. The monoisotopic (exact) mass is 319 g/mol. The number of rotatable bonds is 6. The number of hydrogen-bond acceptors (Lipinski definition) is 4. The molecule has 0 saturated heterocycles. The van der Waals surface area contributed by atoms with Crippen molar-refractivity contribution in [2.45, 2.75) is 12.8 Å². The van der Waals surface area contributed by atoms with Crippen molar-refractivity contribution in [3.63, 3.8) is 0 Å². The Morgan fingerprint density at radius 1 is 1.00 bits per heavy atom. The molecule has 3 aromatic rings. The smallest absolute Gasteiger partial charge is 0.303 e. The van der Waals surface area contributed by atoms with E-state index in [1.165, 1.54) is 0 Å². The predicted molar refractivity (Wildman–Crippen MR) is 93.1 cm³/mol. The lowest BCUT2D eigenvalue weighted by Gasteiger charge is -2.07. The van der Waals surface area contributed by atoms with Crippen LogP contribution in [-0.4, -0.2) is 21.0 Å². The van der Waals surface area contributed by atoms with Gasteiger partial charge in [0.25, 0.3) is 0 Å². The molecule has 0 atom stereocenters. The summed E-state index contributed by atoms with van der Waals surface area (Å²) in [6.45, 7) is 0. The zero-order chi connectivity index (χ0) is 16.8. The zero-order valence-corrected chi connectivity index (χ0v) is 13.0. The molecule has 24 heavy (non-hydrogen) atoms. The van der Waals surface area contributed by atoms with E-state index in [2.05, 4.69) is 15.3 Å². The van der Waals surface area contributed by atoms with E-state index in [4.69, 9.17) is 5.11 Å². The molecule has 0 amide bonds. The summed E-state index contributed by atoms with van der Waals surface area (Å²) in [6.07, 6.45) is 5.97. The molecule has 0 aliphatic carbocycles. The van der Waals surface area contributed by atoms with Crippen molar-refractivity contribution in [3.8, 4) is 11.1 Å². The van der Waals surface area contributed by atoms with Crippen LogP contribution in [0, 0.1) is 0 Å². The van der Waals surface area contributed by atoms with Gasteiger partial charge in [-0.25, -0.2) is 4.98 Å². The number of aliphatic carboxylic acids is 1. The Morgan fingerprint density at radius 2 is 1.79 bits per heavy atom. The average Bonchev–Trinajstić information content (AvgIpc) is 2.62. The molecule has 5 nitrogen and oxygen atoms in total. The van der Waals surface area contributed by atoms with E-state index in [9.17, 15) is 4.79 Å². The Kier molecular flexibility index (Phi) is 4.81. The first-order valence-electron chi connectivity index (χ1n) is 7.65. The number of nitrogens with zero attached hydrogens (tertiary/aromatic N) is 2. The van der Waals surface area contributed by atoms with Crippen LogP contribution in [-0.2, 0) is 11.2 Å². The molecule has 0 unspecified atom stereocenters. The molecule has 120 valence electrons. The Balaban J connectivity index is 1.68. The van der Waals surface area contributed by atoms with Gasteiger partial charge in [0, 0.05) is 24.4 Å². The largest absolute Gasteiger partial charge is 0.481 e. The van der Waals surface area contributed by atoms with Crippen LogP contribution < -0.4 is 5.32 Å². The third-order valence-electron chi connectivity index (χ3n) is 3.61. The maximum atomic E-state index is 10.6. The maximum Gasteiger partial charge on any atom is 0.303 e. The second-order valence-corrected chi connectivity index (χ2v) is 5.39. The number of aryl methyl sites for hydroxylation is 1. The lowest BCUT2D eigenvalue weighted by Crippen LogP contribution is -1.97. The summed E-state index contributed by atoms with van der Waals surface area (Å²) < 4.78 is 0. The third-order valence-corrected chi connectivity index (χ3v) is 3.61. The minimum absolute atomic E-state index is 0.148. The molecular formula is C19H17N3O2. The quantitative estimate of drug-likeness (QED) is 0.720. The van der Waals surface area contributed by atoms with Crippen molar-refractivity contribution in [3.05, 3.63) is 72.7 Å². The van der Waals surface area contributed by atoms with E-state index in [0.717, 1.165) is 28.2 Å². The van der Waals surface area contributed by atoms with Crippen molar-refractivity contribution in [2.75, 3.05) is 5.32 Å². The van der Waals surface area contributed by atoms with Gasteiger partial charge < -0.3 is 10.4 Å². The van der Waals surface area contributed by atoms with Crippen LogP contribution in [0.2, 0.25) is 0 Å². The Bertz CT molecular complexity index is 800. The van der Waals surface area contributed by atoms with Gasteiger partial charge in [0.15, 0.2) is 0 Å². The summed E-state index contributed by atoms with van der Waals surface area (Å²) >= 11 is 0. The minimum atomic E-state index is -0.778. The number of nitrogens with one attached hydrogen (secondary N) is 1. The Morgan fingerprint density at radius 3 is 2.42 bits per heavy atom. The summed E-state index contributed by atoms with van der Waals surface area (Å²) in [5.74, 6) is -0.0233. The summed E-state index contributed by atoms with van der Waals surface area (Å²) in [6, 6.07) is 15.6. The zero-order valence-electron chi connectivity index (χ0n) is 13.0. The molecule has 2 aromatic heterocycles. The molecular weight excluding hydrogens is 302 g/mol. The summed E-state index contributed by atoms with van der Waals surface area (Å²) in [7, 11) is 0. The highest BCUT2D eigenvalue weighted by atomic mass is 16.4. The number of aromatic nitrogens is 2. The van der Waals surface area contributed by atoms with E-state index in [0.29, 0.717) is 6.42 Å². The van der Waals surface area contributed by atoms with Gasteiger partial charge in [-0.1, -0.05) is 24.3 Å². The van der Waals surface area contributed by atoms with Gasteiger partial charge in [-0.2, -0.15) is 0 Å². The fraction of sp³-hybridized carbons (Fsp3) is 0.105. The van der Waals surface area contributed by atoms with Gasteiger partial charge >= 0.3 is 5.97 Å². The number of carboxylic acids is 1. The number of benzene rings is 1. The van der Waals surface area contributed by atoms with Gasteiger partial charge in [-0.3, -0.25) is 9.78 Å². The maximum absolute atomic E-state index is 10.6. The van der Waals surface area contributed by atoms with Gasteiger partial charge in [0.05, 0.1) is 11.9 Å². The standard InChI is InChI=1S/C19H17N3O2/c23-19(24)10-5-14-3-6-15(7-4-14)16-8-9-18(21-12-16)22-17-2-1-11-20-13-17/h1-4,6-9,11-13H,5,10H2,(H,21,22)(H,23,24). The number of anilines is 2. The predicted octanol–water partition coefficient (Wildman–Crippen LogP) is 3.90. The Hall–Kier alpha value is -3.21. The molecule has 0 bridgehead atoms. The van der Waals surface area contributed by atoms with Gasteiger partial charge in [0.1, 0.15) is 5.82 Å². The molecule has 3 rings (SSSR count). The van der Waals surface area contributed by atoms with E-state index in [1.54, 1.807) is 12.4 Å². The first-order chi connectivity index (χ1) is 11.7. The van der Waals surface area contributed by atoms with Crippen LogP contribution in [0.3, 0.4) is 0 Å². The summed E-state index contributed by atoms with van der Waals surface area (Å²) in [5, 5.41) is 11.9. The molecule has 0 spiro atoms. The number of hydrogen-bond donors (Lipinski definition) is 2. The van der Waals surface area contributed by atoms with Crippen molar-refractivity contribution >= 4 is 17.5 Å². The van der Waals surface area contributed by atoms with Crippen LogP contribution in [0.25, 0.3) is 11.1 Å². The van der Waals surface area contributed by atoms with Crippen molar-refractivity contribution in [1.29, 1.82) is 0 Å². The molecule has 5 heteroatoms. The second kappa shape index (κ2) is 7.37. The molecule has 1 aromatic carbocycles. The normalized spacial score (nSPS) is 10.3. The van der Waals surface area contributed by atoms with Gasteiger partial charge in [-0.05, 0) is 41.8 Å². The van der Waals surface area contributed by atoms with Crippen LogP contribution in [0.5, 0.6) is 0 Å². The van der Waals surface area contributed by atoms with Gasteiger partial charge in [0.2, 0.25) is 0 Å². The number of carbonyl (C=O) groups is 1. The highest BCUT2D eigenvalue weighted by molar-refractivity contribution is 5.68. The number of carboxylic acid groups (broad SMARTS) is 1. The summed E-state index contributed by atoms with van der Waals surface area (Å²) in [5.41, 5.74) is 3.97. The van der Waals surface area contributed by atoms with E-state index < -0.39 is 5.97 Å². The molecule has 0 aliphatic heterocycles. The average molecular weight is 319 g/mol. The van der Waals surface area contributed by atoms with Crippen molar-refractivity contribution in [2.24, 2.45) is 0 Å². The highest BCUT2D eigenvalue weighted by Crippen LogP contribution is 2.21. The van der Waals surface area contributed by atoms with E-state index >= 15 is 0 Å². The molecule has 0 radical (unpaired) electrons. The molecule has 0 fully saturated rings. The van der Waals surface area contributed by atoms with Crippen LogP contribution in [0.4, 0.5) is 11.5 Å². The van der Waals surface area contributed by atoms with Crippen LogP contribution in [0.15, 0.2) is 67.1 Å². The summed E-state index contributed by atoms with van der Waals surface area (Å²) in [4.78, 5) is 19.1. The lowest BCUT2D eigenvalue weighted by atomic mass is 10.0. The highest BCUT2D eigenvalue weighted by Gasteiger charge is 2.02. The second-order valence-electron chi connectivity index (χ2n) is 5.39. The van der Waals surface area contributed by atoms with Crippen molar-refractivity contribution in [1.82, 2.24) is 9.97 Å². The first kappa shape index (κ1) is 15.7. The molecule has 0 aliphatic rings. The van der Waals surface area contributed by atoms with E-state index in [1.807, 2.05) is 54.7 Å². The third kappa shape index (κ3) is 4.16. The SMILES string of the molecule is O=C(O)CCc1ccc(-c2ccc(Nc3cccnc3)nc2)cc1. The Labute approximate surface area is 140 Å². The topological polar surface area (TPSA) is 75.1 Å². The van der Waals surface area contributed by atoms with Crippen LogP contribution in [0.1, 0.15) is 12.0 Å². The molecule has 0 saturated carbocycles. The van der Waals surface area contributed by atoms with Gasteiger partial charge in [-0.15, -0.1) is 0 Å². The fourth-order valence-corrected chi connectivity index (χ4v) is 2.34. The first-order valence-corrected chi connectivity index (χ1v) is 7.65. The van der Waals surface area contributed by atoms with E-state index in [-0.39, 0.29) is 6.42 Å². The van der Waals surface area contributed by atoms with Crippen molar-refractivity contribution < 1.29 is 9.90 Å². The lowest BCUT2D eigenvalue weighted by molar-refractivity contribution is -0.136. The molecule has 2 heterocycles. The fourth-order valence-electron chi connectivity index (χ4n) is 2.34. The minimum Gasteiger partial charge on any atom is -0.481 e. The van der Waals surface area contributed by atoms with Crippen LogP contribution >= 0.6 is 0 Å². The number of pyridine rings is 2.